The van der Waals surface area contributed by atoms with Crippen molar-refractivity contribution in [2.24, 2.45) is 5.92 Å². The van der Waals surface area contributed by atoms with E-state index in [1.165, 1.54) is 12.5 Å². The molecule has 0 aliphatic carbocycles. The van der Waals surface area contributed by atoms with Crippen LogP contribution in [0.3, 0.4) is 0 Å². The van der Waals surface area contributed by atoms with E-state index in [-0.39, 0.29) is 17.9 Å². The van der Waals surface area contributed by atoms with E-state index in [4.69, 9.17) is 4.42 Å². The molecule has 4 saturated heterocycles. The Balaban J connectivity index is 1.39. The molecule has 4 aliphatic heterocycles. The molecular weight excluding hydrogens is 344 g/mol. The fourth-order valence-electron chi connectivity index (χ4n) is 4.68. The molecule has 0 radical (unpaired) electrons. The first-order valence-corrected chi connectivity index (χ1v) is 9.83. The van der Waals surface area contributed by atoms with Crippen LogP contribution in [0.4, 0.5) is 0 Å². The fraction of sp³-hybridized carbons (Fsp3) is 0.550. The minimum Gasteiger partial charge on any atom is -0.462 e. The Labute approximate surface area is 157 Å². The monoisotopic (exact) mass is 368 g/mol. The van der Waals surface area contributed by atoms with Crippen molar-refractivity contribution < 1.29 is 14.0 Å². The number of hydrogen-bond donors (Lipinski definition) is 1. The van der Waals surface area contributed by atoms with Crippen LogP contribution in [0.15, 0.2) is 22.9 Å². The Kier molecular flexibility index (Phi) is 3.93. The molecule has 6 heterocycles. The summed E-state index contributed by atoms with van der Waals surface area (Å²) < 4.78 is 5.48. The zero-order chi connectivity index (χ0) is 18.5. The van der Waals surface area contributed by atoms with Crippen LogP contribution in [0, 0.1) is 5.92 Å². The summed E-state index contributed by atoms with van der Waals surface area (Å²) in [5, 5.41) is 3.86. The SMILES string of the molecule is CC1C(NC(=O)c2cc3c(C(=O)N4CCC4)coc3cn2)C2CCN1CC2. The molecule has 6 rings (SSSR count). The summed E-state index contributed by atoms with van der Waals surface area (Å²) >= 11 is 0. The Morgan fingerprint density at radius 2 is 2.00 bits per heavy atom. The van der Waals surface area contributed by atoms with Crippen LogP contribution in [0.5, 0.6) is 0 Å². The van der Waals surface area contributed by atoms with Crippen molar-refractivity contribution >= 4 is 22.8 Å². The Morgan fingerprint density at radius 3 is 2.67 bits per heavy atom. The van der Waals surface area contributed by atoms with Crippen molar-refractivity contribution in [3.8, 4) is 0 Å². The van der Waals surface area contributed by atoms with Gasteiger partial charge in [-0.3, -0.25) is 14.5 Å². The highest BCUT2D eigenvalue weighted by Crippen LogP contribution is 2.32. The Hall–Kier alpha value is -2.41. The maximum Gasteiger partial charge on any atom is 0.270 e. The topological polar surface area (TPSA) is 78.7 Å². The molecule has 4 aliphatic rings. The average Bonchev–Trinajstić information content (AvgIpc) is 3.06. The van der Waals surface area contributed by atoms with Gasteiger partial charge in [0.15, 0.2) is 5.58 Å². The predicted molar refractivity (Wildman–Crippen MR) is 99.5 cm³/mol. The highest BCUT2D eigenvalue weighted by atomic mass is 16.3. The van der Waals surface area contributed by atoms with Gasteiger partial charge in [0.25, 0.3) is 11.8 Å². The number of hydrogen-bond acceptors (Lipinski definition) is 5. The summed E-state index contributed by atoms with van der Waals surface area (Å²) in [5.74, 6) is 0.324. The minimum atomic E-state index is -0.175. The van der Waals surface area contributed by atoms with Gasteiger partial charge in [0.1, 0.15) is 12.0 Å². The number of aromatic nitrogens is 1. The Bertz CT molecular complexity index is 894. The lowest BCUT2D eigenvalue weighted by atomic mass is 9.79. The first-order valence-electron chi connectivity index (χ1n) is 9.83. The molecule has 7 nitrogen and oxygen atoms in total. The van der Waals surface area contributed by atoms with Crippen LogP contribution in [0.1, 0.15) is 47.0 Å². The van der Waals surface area contributed by atoms with Gasteiger partial charge >= 0.3 is 0 Å². The molecule has 2 aromatic rings. The van der Waals surface area contributed by atoms with Crippen molar-refractivity contribution in [3.63, 3.8) is 0 Å². The van der Waals surface area contributed by atoms with Crippen molar-refractivity contribution in [2.45, 2.75) is 38.3 Å². The quantitative estimate of drug-likeness (QED) is 0.895. The molecule has 2 aromatic heterocycles. The molecule has 0 saturated carbocycles. The highest BCUT2D eigenvalue weighted by Gasteiger charge is 2.40. The lowest BCUT2D eigenvalue weighted by molar-refractivity contribution is 0.0216. The van der Waals surface area contributed by atoms with Gasteiger partial charge < -0.3 is 14.6 Å². The van der Waals surface area contributed by atoms with Crippen molar-refractivity contribution in [1.82, 2.24) is 20.1 Å². The summed E-state index contributed by atoms with van der Waals surface area (Å²) in [6.45, 7) is 5.99. The van der Waals surface area contributed by atoms with Gasteiger partial charge in [0.05, 0.1) is 11.8 Å². The lowest BCUT2D eigenvalue weighted by Gasteiger charge is -2.49. The lowest BCUT2D eigenvalue weighted by Crippen LogP contribution is -2.62. The van der Waals surface area contributed by atoms with E-state index in [2.05, 4.69) is 22.1 Å². The van der Waals surface area contributed by atoms with E-state index in [9.17, 15) is 9.59 Å². The number of piperidine rings is 3. The summed E-state index contributed by atoms with van der Waals surface area (Å²) in [6.07, 6.45) is 6.33. The molecule has 2 unspecified atom stereocenters. The molecule has 2 bridgehead atoms. The third-order valence-corrected chi connectivity index (χ3v) is 6.54. The normalized spacial score (nSPS) is 29.6. The van der Waals surface area contributed by atoms with Gasteiger partial charge in [-0.25, -0.2) is 4.98 Å². The van der Waals surface area contributed by atoms with E-state index in [1.807, 2.05) is 0 Å². The summed E-state index contributed by atoms with van der Waals surface area (Å²) in [5.41, 5.74) is 1.38. The average molecular weight is 368 g/mol. The fourth-order valence-corrected chi connectivity index (χ4v) is 4.68. The zero-order valence-electron chi connectivity index (χ0n) is 15.5. The van der Waals surface area contributed by atoms with Crippen LogP contribution in [-0.4, -0.2) is 64.9 Å². The van der Waals surface area contributed by atoms with E-state index in [0.29, 0.717) is 34.2 Å². The maximum absolute atomic E-state index is 12.9. The smallest absolute Gasteiger partial charge is 0.270 e. The molecule has 142 valence electrons. The van der Waals surface area contributed by atoms with E-state index >= 15 is 0 Å². The zero-order valence-corrected chi connectivity index (χ0v) is 15.5. The third kappa shape index (κ3) is 2.72. The summed E-state index contributed by atoms with van der Waals surface area (Å²) in [6, 6.07) is 2.19. The summed E-state index contributed by atoms with van der Waals surface area (Å²) in [4.78, 5) is 33.9. The van der Waals surface area contributed by atoms with E-state index in [1.54, 1.807) is 11.0 Å². The van der Waals surface area contributed by atoms with Crippen molar-refractivity contribution in [2.75, 3.05) is 26.2 Å². The number of nitrogens with one attached hydrogen (secondary N) is 1. The number of carbonyl (C=O) groups excluding carboxylic acids is 2. The van der Waals surface area contributed by atoms with Gasteiger partial charge in [-0.2, -0.15) is 0 Å². The molecule has 1 N–H and O–H groups in total. The minimum absolute atomic E-state index is 0.0384. The second kappa shape index (κ2) is 6.34. The number of furan rings is 1. The molecule has 0 spiro atoms. The van der Waals surface area contributed by atoms with Crippen LogP contribution >= 0.6 is 0 Å². The number of nitrogens with zero attached hydrogens (tertiary/aromatic N) is 3. The molecule has 7 heteroatoms. The van der Waals surface area contributed by atoms with E-state index in [0.717, 1.165) is 45.4 Å². The van der Waals surface area contributed by atoms with Crippen molar-refractivity contribution in [3.05, 3.63) is 29.8 Å². The number of rotatable bonds is 3. The molecular formula is C20H24N4O3. The second-order valence-electron chi connectivity index (χ2n) is 7.97. The number of fused-ring (bicyclic) bond motifs is 4. The molecule has 2 amide bonds. The van der Waals surface area contributed by atoms with Gasteiger partial charge in [-0.1, -0.05) is 0 Å². The molecule has 2 atom stereocenters. The van der Waals surface area contributed by atoms with Crippen LogP contribution < -0.4 is 5.32 Å². The predicted octanol–water partition coefficient (Wildman–Crippen LogP) is 1.89. The Morgan fingerprint density at radius 1 is 1.22 bits per heavy atom. The number of likely N-dealkylation sites (tertiary alicyclic amines) is 1. The first kappa shape index (κ1) is 16.7. The largest absolute Gasteiger partial charge is 0.462 e. The van der Waals surface area contributed by atoms with Gasteiger partial charge in [0.2, 0.25) is 0 Å². The third-order valence-electron chi connectivity index (χ3n) is 6.54. The number of carbonyl (C=O) groups is 2. The second-order valence-corrected chi connectivity index (χ2v) is 7.97. The molecule has 0 aromatic carbocycles. The van der Waals surface area contributed by atoms with Gasteiger partial charge in [-0.05, 0) is 51.3 Å². The first-order chi connectivity index (χ1) is 13.1. The highest BCUT2D eigenvalue weighted by molar-refractivity contribution is 6.07. The maximum atomic E-state index is 12.9. The van der Waals surface area contributed by atoms with Crippen LogP contribution in [0.2, 0.25) is 0 Å². The van der Waals surface area contributed by atoms with Crippen LogP contribution in [-0.2, 0) is 0 Å². The van der Waals surface area contributed by atoms with Gasteiger partial charge in [-0.15, -0.1) is 0 Å². The summed E-state index contributed by atoms with van der Waals surface area (Å²) in [7, 11) is 0. The molecule has 27 heavy (non-hydrogen) atoms. The molecule has 4 fully saturated rings. The van der Waals surface area contributed by atoms with Gasteiger partial charge in [0, 0.05) is 30.6 Å². The number of amides is 2. The van der Waals surface area contributed by atoms with Crippen LogP contribution in [0.25, 0.3) is 11.0 Å². The van der Waals surface area contributed by atoms with E-state index < -0.39 is 0 Å². The van der Waals surface area contributed by atoms with Crippen molar-refractivity contribution in [1.29, 1.82) is 0 Å². The standard InChI is InChI=1S/C20H24N4O3/c1-12-18(13-3-7-23(12)8-4-13)22-19(25)16-9-14-15(11-27-17(14)10-21-16)20(26)24-5-2-6-24/h9-13,18H,2-8H2,1H3,(H,22,25). The number of pyridine rings is 1.